The molecule has 3 aromatic rings. The van der Waals surface area contributed by atoms with Gasteiger partial charge in [-0.3, -0.25) is 4.79 Å². The van der Waals surface area contributed by atoms with E-state index in [0.29, 0.717) is 17.3 Å². The lowest BCUT2D eigenvalue weighted by Gasteiger charge is -2.07. The topological polar surface area (TPSA) is 131 Å². The van der Waals surface area contributed by atoms with E-state index in [0.717, 1.165) is 5.56 Å². The van der Waals surface area contributed by atoms with Gasteiger partial charge in [0, 0.05) is 29.7 Å². The maximum Gasteiger partial charge on any atom is 0.247 e. The fraction of sp³-hybridized carbons (Fsp3) is 0. The third-order valence-corrected chi connectivity index (χ3v) is 4.10. The molecule has 0 amide bonds. The first-order chi connectivity index (χ1) is 11.4. The highest BCUT2D eigenvalue weighted by molar-refractivity contribution is 7.89. The number of nitrogens with two attached hydrogens (primary N) is 1. The number of pyridine rings is 1. The lowest BCUT2D eigenvalue weighted by Crippen LogP contribution is -2.11. The van der Waals surface area contributed by atoms with E-state index in [2.05, 4.69) is 20.3 Å². The van der Waals surface area contributed by atoms with Crippen LogP contribution >= 0.6 is 0 Å². The number of H-pyrrole nitrogens is 1. The first-order valence-corrected chi connectivity index (χ1v) is 8.38. The predicted molar refractivity (Wildman–Crippen MR) is 89.2 cm³/mol. The molecule has 0 aliphatic carbocycles. The SMILES string of the molecule is NS(=O)(=O)c1ccc(Nc2nccc(-c3ccc(=O)[nH]c3)n2)cc1. The minimum atomic E-state index is -3.73. The largest absolute Gasteiger partial charge is 0.328 e. The molecule has 0 aliphatic heterocycles. The average Bonchev–Trinajstić information content (AvgIpc) is 2.55. The lowest BCUT2D eigenvalue weighted by atomic mass is 10.2. The maximum absolute atomic E-state index is 11.2. The smallest absolute Gasteiger partial charge is 0.247 e. The van der Waals surface area contributed by atoms with E-state index in [1.807, 2.05) is 0 Å². The predicted octanol–water partition coefficient (Wildman–Crippen LogP) is 1.22. The van der Waals surface area contributed by atoms with E-state index in [4.69, 9.17) is 5.14 Å². The van der Waals surface area contributed by atoms with Gasteiger partial charge in [0.25, 0.3) is 0 Å². The van der Waals surface area contributed by atoms with Gasteiger partial charge >= 0.3 is 0 Å². The number of hydrogen-bond acceptors (Lipinski definition) is 6. The van der Waals surface area contributed by atoms with Gasteiger partial charge in [-0.25, -0.2) is 23.5 Å². The number of nitrogens with one attached hydrogen (secondary N) is 2. The highest BCUT2D eigenvalue weighted by Gasteiger charge is 2.07. The fourth-order valence-corrected chi connectivity index (χ4v) is 2.52. The van der Waals surface area contributed by atoms with Crippen molar-refractivity contribution in [2.75, 3.05) is 5.32 Å². The third kappa shape index (κ3) is 3.65. The van der Waals surface area contributed by atoms with Crippen LogP contribution < -0.4 is 16.0 Å². The van der Waals surface area contributed by atoms with Gasteiger partial charge in [-0.2, -0.15) is 0 Å². The average molecular weight is 343 g/mol. The molecule has 0 saturated heterocycles. The van der Waals surface area contributed by atoms with Crippen LogP contribution in [0.3, 0.4) is 0 Å². The number of benzene rings is 1. The van der Waals surface area contributed by atoms with E-state index in [1.54, 1.807) is 36.7 Å². The first kappa shape index (κ1) is 15.8. The van der Waals surface area contributed by atoms with Crippen molar-refractivity contribution < 1.29 is 8.42 Å². The summed E-state index contributed by atoms with van der Waals surface area (Å²) in [5, 5.41) is 8.03. The lowest BCUT2D eigenvalue weighted by molar-refractivity contribution is 0.598. The van der Waals surface area contributed by atoms with Gasteiger partial charge in [-0.05, 0) is 36.4 Å². The van der Waals surface area contributed by atoms with Crippen LogP contribution in [-0.2, 0) is 10.0 Å². The van der Waals surface area contributed by atoms with Gasteiger partial charge in [0.15, 0.2) is 0 Å². The zero-order valence-electron chi connectivity index (χ0n) is 12.3. The summed E-state index contributed by atoms with van der Waals surface area (Å²) in [7, 11) is -3.73. The monoisotopic (exact) mass is 343 g/mol. The number of aromatic amines is 1. The number of anilines is 2. The quantitative estimate of drug-likeness (QED) is 0.653. The Kier molecular flexibility index (Phi) is 4.11. The maximum atomic E-state index is 11.2. The van der Waals surface area contributed by atoms with Gasteiger partial charge in [-0.1, -0.05) is 0 Å². The van der Waals surface area contributed by atoms with Crippen LogP contribution in [0.4, 0.5) is 11.6 Å². The summed E-state index contributed by atoms with van der Waals surface area (Å²) < 4.78 is 22.5. The molecule has 0 spiro atoms. The van der Waals surface area contributed by atoms with Crippen molar-refractivity contribution in [3.63, 3.8) is 0 Å². The van der Waals surface area contributed by atoms with Crippen LogP contribution in [0.1, 0.15) is 0 Å². The van der Waals surface area contributed by atoms with E-state index in [-0.39, 0.29) is 10.5 Å². The van der Waals surface area contributed by atoms with E-state index in [9.17, 15) is 13.2 Å². The Hall–Kier alpha value is -3.04. The van der Waals surface area contributed by atoms with Crippen LogP contribution in [0.25, 0.3) is 11.3 Å². The molecule has 0 atom stereocenters. The summed E-state index contributed by atoms with van der Waals surface area (Å²) in [6.45, 7) is 0. The number of hydrogen-bond donors (Lipinski definition) is 3. The molecule has 2 aromatic heterocycles. The van der Waals surface area contributed by atoms with Crippen molar-refractivity contribution in [2.45, 2.75) is 4.90 Å². The van der Waals surface area contributed by atoms with Crippen molar-refractivity contribution in [1.82, 2.24) is 15.0 Å². The number of nitrogens with zero attached hydrogens (tertiary/aromatic N) is 2. The molecule has 8 nitrogen and oxygen atoms in total. The molecular weight excluding hydrogens is 330 g/mol. The zero-order chi connectivity index (χ0) is 17.2. The normalized spacial score (nSPS) is 11.2. The van der Waals surface area contributed by atoms with Gasteiger partial charge in [0.1, 0.15) is 0 Å². The van der Waals surface area contributed by atoms with Gasteiger partial charge < -0.3 is 10.3 Å². The summed E-state index contributed by atoms with van der Waals surface area (Å²) >= 11 is 0. The molecule has 1 aromatic carbocycles. The van der Waals surface area contributed by atoms with Crippen molar-refractivity contribution in [3.05, 3.63) is 65.2 Å². The summed E-state index contributed by atoms with van der Waals surface area (Å²) in [6, 6.07) is 10.7. The Bertz CT molecular complexity index is 1010. The molecule has 0 unspecified atom stereocenters. The van der Waals surface area contributed by atoms with E-state index >= 15 is 0 Å². The fourth-order valence-electron chi connectivity index (χ4n) is 2.01. The van der Waals surface area contributed by atoms with Gasteiger partial charge in [0.2, 0.25) is 21.5 Å². The standard InChI is InChI=1S/C15H13N5O3S/c16-24(22,23)12-4-2-11(3-5-12)19-15-17-8-7-13(20-15)10-1-6-14(21)18-9-10/h1-9H,(H,18,21)(H2,16,22,23)(H,17,19,20). The number of primary sulfonamides is 1. The Morgan fingerprint density at radius 3 is 2.42 bits per heavy atom. The molecule has 0 aliphatic rings. The van der Waals surface area contributed by atoms with Crippen molar-refractivity contribution in [2.24, 2.45) is 5.14 Å². The summed E-state index contributed by atoms with van der Waals surface area (Å²) in [5.74, 6) is 0.335. The number of aromatic nitrogens is 3. The highest BCUT2D eigenvalue weighted by Crippen LogP contribution is 2.19. The molecule has 0 radical (unpaired) electrons. The summed E-state index contributed by atoms with van der Waals surface area (Å²) in [6.07, 6.45) is 3.14. The summed E-state index contributed by atoms with van der Waals surface area (Å²) in [4.78, 5) is 22.2. The number of sulfonamides is 1. The molecular formula is C15H13N5O3S. The molecule has 122 valence electrons. The van der Waals surface area contributed by atoms with E-state index < -0.39 is 10.0 Å². The van der Waals surface area contributed by atoms with Crippen molar-refractivity contribution in [1.29, 1.82) is 0 Å². The number of rotatable bonds is 4. The van der Waals surface area contributed by atoms with Crippen molar-refractivity contribution in [3.8, 4) is 11.3 Å². The second kappa shape index (κ2) is 6.22. The Balaban J connectivity index is 1.84. The van der Waals surface area contributed by atoms with Crippen LogP contribution in [0.2, 0.25) is 0 Å². The van der Waals surface area contributed by atoms with Crippen LogP contribution in [0.15, 0.2) is 64.5 Å². The second-order valence-corrected chi connectivity index (χ2v) is 6.46. The van der Waals surface area contributed by atoms with Gasteiger partial charge in [0.05, 0.1) is 10.6 Å². The zero-order valence-corrected chi connectivity index (χ0v) is 13.1. The van der Waals surface area contributed by atoms with Crippen LogP contribution in [0, 0.1) is 0 Å². The second-order valence-electron chi connectivity index (χ2n) is 4.90. The molecule has 24 heavy (non-hydrogen) atoms. The first-order valence-electron chi connectivity index (χ1n) is 6.84. The van der Waals surface area contributed by atoms with E-state index in [1.165, 1.54) is 18.2 Å². The molecule has 0 bridgehead atoms. The van der Waals surface area contributed by atoms with Crippen molar-refractivity contribution >= 4 is 21.7 Å². The Labute approximate surface area is 137 Å². The molecule has 0 fully saturated rings. The van der Waals surface area contributed by atoms with Gasteiger partial charge in [-0.15, -0.1) is 0 Å². The third-order valence-electron chi connectivity index (χ3n) is 3.17. The Morgan fingerprint density at radius 1 is 1.04 bits per heavy atom. The Morgan fingerprint density at radius 2 is 1.79 bits per heavy atom. The molecule has 4 N–H and O–H groups in total. The summed E-state index contributed by atoms with van der Waals surface area (Å²) in [5.41, 5.74) is 1.79. The molecule has 0 saturated carbocycles. The minimum Gasteiger partial charge on any atom is -0.328 e. The molecule has 2 heterocycles. The van der Waals surface area contributed by atoms with Crippen LogP contribution in [-0.4, -0.2) is 23.4 Å². The molecule has 9 heteroatoms. The minimum absolute atomic E-state index is 0.0240. The molecule has 3 rings (SSSR count). The highest BCUT2D eigenvalue weighted by atomic mass is 32.2. The van der Waals surface area contributed by atoms with Crippen LogP contribution in [0.5, 0.6) is 0 Å².